The molecule has 0 spiro atoms. The lowest BCUT2D eigenvalue weighted by Crippen LogP contribution is -2.41. The molecule has 4 rings (SSSR count). The molecule has 0 heterocycles. The van der Waals surface area contributed by atoms with Gasteiger partial charge in [0.25, 0.3) is 0 Å². The second-order valence-electron chi connectivity index (χ2n) is 10.6. The van der Waals surface area contributed by atoms with Crippen LogP contribution in [0.15, 0.2) is 48.5 Å². The molecule has 0 saturated heterocycles. The van der Waals surface area contributed by atoms with E-state index in [1.165, 1.54) is 52.0 Å². The van der Waals surface area contributed by atoms with E-state index in [0.29, 0.717) is 10.9 Å². The van der Waals surface area contributed by atoms with Gasteiger partial charge in [0, 0.05) is 40.5 Å². The minimum atomic E-state index is -0.965. The number of ether oxygens (including phenoxy) is 6. The molecule has 0 aromatic heterocycles. The lowest BCUT2D eigenvalue weighted by Gasteiger charge is -2.32. The van der Waals surface area contributed by atoms with E-state index in [1.807, 2.05) is 24.3 Å². The molecule has 0 amide bonds. The second-order valence-corrected chi connectivity index (χ2v) is 10.6. The summed E-state index contributed by atoms with van der Waals surface area (Å²) in [4.78, 5) is 73.8. The monoisotopic (exact) mass is 628 g/mol. The third kappa shape index (κ3) is 8.20. The van der Waals surface area contributed by atoms with Crippen molar-refractivity contribution in [3.8, 4) is 23.0 Å². The Kier molecular flexibility index (Phi) is 10.3. The number of benzene rings is 3. The molecule has 12 nitrogen and oxygen atoms in total. The fourth-order valence-electron chi connectivity index (χ4n) is 4.90. The molecule has 0 N–H and O–H groups in total. The summed E-state index contributed by atoms with van der Waals surface area (Å²) >= 11 is 0. The first-order valence-corrected chi connectivity index (χ1v) is 14.2. The van der Waals surface area contributed by atoms with Gasteiger partial charge in [0.1, 0.15) is 50.9 Å². The molecule has 1 aliphatic rings. The van der Waals surface area contributed by atoms with Crippen molar-refractivity contribution in [2.75, 3.05) is 0 Å². The predicted octanol–water partition coefficient (Wildman–Crippen LogP) is 0.454. The van der Waals surface area contributed by atoms with Crippen molar-refractivity contribution in [2.45, 2.75) is 52.7 Å². The lowest BCUT2D eigenvalue weighted by molar-refractivity contribution is -0.133. The van der Waals surface area contributed by atoms with Gasteiger partial charge in [-0.25, -0.2) is 9.59 Å². The molecule has 46 heavy (non-hydrogen) atoms. The highest BCUT2D eigenvalue weighted by Crippen LogP contribution is 2.29. The van der Waals surface area contributed by atoms with E-state index in [2.05, 4.69) is 0 Å². The Balaban J connectivity index is 1.67. The highest BCUT2D eigenvalue weighted by molar-refractivity contribution is 6.37. The molecular formula is C32H30B2O12. The molecule has 0 aliphatic heterocycles. The van der Waals surface area contributed by atoms with E-state index in [4.69, 9.17) is 28.4 Å². The normalized spacial score (nSPS) is 15.0. The molecule has 3 aromatic carbocycles. The first kappa shape index (κ1) is 33.5. The zero-order valence-corrected chi connectivity index (χ0v) is 26.1. The summed E-state index contributed by atoms with van der Waals surface area (Å²) < 4.78 is 32.7. The summed E-state index contributed by atoms with van der Waals surface area (Å²) in [6.07, 6.45) is -1.53. The minimum Gasteiger partial charge on any atom is -0.454 e. The van der Waals surface area contributed by atoms with Crippen LogP contribution in [0.5, 0.6) is 23.0 Å². The predicted molar refractivity (Wildman–Crippen MR) is 167 cm³/mol. The number of fused-ring (bicyclic) bond motifs is 1. The molecule has 14 heteroatoms. The number of hydrogen-bond donors (Lipinski definition) is 0. The van der Waals surface area contributed by atoms with E-state index in [9.17, 15) is 28.8 Å². The third-order valence-corrected chi connectivity index (χ3v) is 7.00. The van der Waals surface area contributed by atoms with E-state index in [1.54, 1.807) is 15.7 Å². The van der Waals surface area contributed by atoms with Crippen LogP contribution in [-0.2, 0) is 41.5 Å². The van der Waals surface area contributed by atoms with Gasteiger partial charge >= 0.3 is 35.8 Å². The molecule has 0 fully saturated rings. The molecule has 0 unspecified atom stereocenters. The molecule has 1 aliphatic carbocycles. The highest BCUT2D eigenvalue weighted by Gasteiger charge is 2.35. The maximum atomic E-state index is 13.5. The van der Waals surface area contributed by atoms with Gasteiger partial charge in [0.15, 0.2) is 0 Å². The number of carbonyl (C=O) groups excluding carboxylic acids is 6. The fraction of sp³-hybridized carbons (Fsp3) is 0.250. The maximum Gasteiger partial charge on any atom is 0.338 e. The third-order valence-electron chi connectivity index (χ3n) is 7.00. The van der Waals surface area contributed by atoms with Crippen LogP contribution in [0.4, 0.5) is 0 Å². The minimum absolute atomic E-state index is 0.00158. The molecule has 236 valence electrons. The van der Waals surface area contributed by atoms with Crippen LogP contribution in [0.1, 0.15) is 59.5 Å². The average Bonchev–Trinajstić information content (AvgIpc) is 2.96. The van der Waals surface area contributed by atoms with Crippen molar-refractivity contribution >= 4 is 62.4 Å². The topological polar surface area (TPSA) is 158 Å². The van der Waals surface area contributed by atoms with Crippen LogP contribution in [0, 0.1) is 0 Å². The number of carbonyl (C=O) groups is 6. The van der Waals surface area contributed by atoms with E-state index in [0.717, 1.165) is 11.1 Å². The quantitative estimate of drug-likeness (QED) is 0.193. The Labute approximate surface area is 266 Å². The molecule has 2 atom stereocenters. The van der Waals surface area contributed by atoms with Crippen LogP contribution in [-0.4, -0.2) is 63.7 Å². The van der Waals surface area contributed by atoms with Crippen LogP contribution >= 0.6 is 0 Å². The van der Waals surface area contributed by atoms with Gasteiger partial charge in [-0.15, -0.1) is 0 Å². The van der Waals surface area contributed by atoms with Gasteiger partial charge < -0.3 is 28.4 Å². The first-order valence-electron chi connectivity index (χ1n) is 14.2. The molecular weight excluding hydrogens is 598 g/mol. The zero-order chi connectivity index (χ0) is 33.7. The lowest BCUT2D eigenvalue weighted by atomic mass is 9.87. The van der Waals surface area contributed by atoms with Gasteiger partial charge in [-0.1, -0.05) is 24.3 Å². The van der Waals surface area contributed by atoms with Gasteiger partial charge in [0.2, 0.25) is 0 Å². The number of hydrogen-bond acceptors (Lipinski definition) is 12. The average molecular weight is 628 g/mol. The summed E-state index contributed by atoms with van der Waals surface area (Å²) in [5.41, 5.74) is 2.25. The first-order chi connectivity index (χ1) is 21.7. The Morgan fingerprint density at radius 1 is 0.543 bits per heavy atom. The Bertz CT molecular complexity index is 1550. The van der Waals surface area contributed by atoms with Crippen molar-refractivity contribution < 1.29 is 57.2 Å². The van der Waals surface area contributed by atoms with Crippen molar-refractivity contribution in [3.63, 3.8) is 0 Å². The van der Waals surface area contributed by atoms with Crippen LogP contribution in [0.25, 0.3) is 0 Å². The second kappa shape index (κ2) is 14.1. The fourth-order valence-corrected chi connectivity index (χ4v) is 4.90. The van der Waals surface area contributed by atoms with Crippen molar-refractivity contribution in [1.82, 2.24) is 0 Å². The Hall–Kier alpha value is -5.39. The summed E-state index contributed by atoms with van der Waals surface area (Å²) in [5.74, 6) is -4.29. The molecule has 3 aromatic rings. The zero-order valence-electron chi connectivity index (χ0n) is 26.1. The van der Waals surface area contributed by atoms with Crippen LogP contribution in [0.2, 0.25) is 0 Å². The van der Waals surface area contributed by atoms with E-state index < -0.39 is 48.0 Å². The smallest absolute Gasteiger partial charge is 0.338 e. The van der Waals surface area contributed by atoms with Gasteiger partial charge in [0.05, 0.1) is 11.1 Å². The molecule has 0 bridgehead atoms. The standard InChI is InChI=1S/C32H30B2O12/c1-15(35)41-25-11-21(12-26(29(25)33)42-16(2)36)31(39)45-23-9-19-7-5-6-8-20(19)10-24(23)46-32(40)22-13-27(43-17(3)37)30(34)28(14-22)44-18(4)38/h5-8,11-14,23-24H,9-10,33-34H2,1-4H3/t23-,24+. The van der Waals surface area contributed by atoms with Crippen molar-refractivity contribution in [2.24, 2.45) is 0 Å². The Morgan fingerprint density at radius 3 is 1.09 bits per heavy atom. The Morgan fingerprint density at radius 2 is 0.826 bits per heavy atom. The van der Waals surface area contributed by atoms with Gasteiger partial charge in [-0.2, -0.15) is 0 Å². The highest BCUT2D eigenvalue weighted by atomic mass is 16.6. The van der Waals surface area contributed by atoms with Crippen molar-refractivity contribution in [1.29, 1.82) is 0 Å². The maximum absolute atomic E-state index is 13.5. The van der Waals surface area contributed by atoms with E-state index >= 15 is 0 Å². The molecule has 0 radical (unpaired) electrons. The summed E-state index contributed by atoms with van der Waals surface area (Å²) in [6, 6.07) is 12.6. The summed E-state index contributed by atoms with van der Waals surface area (Å²) in [5, 5.41) is 0. The van der Waals surface area contributed by atoms with Gasteiger partial charge in [-0.3, -0.25) is 19.2 Å². The van der Waals surface area contributed by atoms with Crippen LogP contribution in [0.3, 0.4) is 0 Å². The number of rotatable bonds is 8. The SMILES string of the molecule is Bc1c(OC(C)=O)cc(C(=O)O[C@H]2Cc3ccccc3C[C@H]2OC(=O)c2cc(OC(C)=O)c(B)c(OC(C)=O)c2)cc1OC(C)=O. The summed E-state index contributed by atoms with van der Waals surface area (Å²) in [6.45, 7) is 4.75. The molecule has 0 saturated carbocycles. The number of esters is 6. The van der Waals surface area contributed by atoms with Crippen molar-refractivity contribution in [3.05, 3.63) is 70.8 Å². The van der Waals surface area contributed by atoms with Crippen LogP contribution < -0.4 is 29.9 Å². The van der Waals surface area contributed by atoms with Gasteiger partial charge in [-0.05, 0) is 46.3 Å². The van der Waals surface area contributed by atoms with E-state index in [-0.39, 0.29) is 47.0 Å². The summed E-state index contributed by atoms with van der Waals surface area (Å²) in [7, 11) is 3.12. The largest absolute Gasteiger partial charge is 0.454 e.